The van der Waals surface area contributed by atoms with E-state index >= 15 is 0 Å². The van der Waals surface area contributed by atoms with Crippen LogP contribution in [0.15, 0.2) is 22.8 Å². The molecule has 0 bridgehead atoms. The highest BCUT2D eigenvalue weighted by molar-refractivity contribution is 9.10. The minimum absolute atomic E-state index is 0.0961. The molecular weight excluding hydrogens is 268 g/mol. The predicted molar refractivity (Wildman–Crippen MR) is 69.1 cm³/mol. The molecule has 0 spiro atoms. The van der Waals surface area contributed by atoms with Crippen LogP contribution in [0.1, 0.15) is 19.5 Å². The SMILES string of the molecule is CC(C)C(CN)(CO)Cc1ccc(Br)cn1. The first-order valence-corrected chi connectivity index (χ1v) is 6.25. The van der Waals surface area contributed by atoms with Gasteiger partial charge in [0.1, 0.15) is 0 Å². The van der Waals surface area contributed by atoms with Gasteiger partial charge in [-0.05, 0) is 40.4 Å². The zero-order chi connectivity index (χ0) is 12.2. The Morgan fingerprint density at radius 3 is 2.56 bits per heavy atom. The van der Waals surface area contributed by atoms with Crippen molar-refractivity contribution in [2.24, 2.45) is 17.1 Å². The lowest BCUT2D eigenvalue weighted by Crippen LogP contribution is -2.41. The maximum Gasteiger partial charge on any atom is 0.0505 e. The van der Waals surface area contributed by atoms with Crippen LogP contribution < -0.4 is 5.73 Å². The zero-order valence-electron chi connectivity index (χ0n) is 9.78. The van der Waals surface area contributed by atoms with Gasteiger partial charge in [0, 0.05) is 28.3 Å². The molecule has 90 valence electrons. The van der Waals surface area contributed by atoms with E-state index in [4.69, 9.17) is 5.73 Å². The summed E-state index contributed by atoms with van der Waals surface area (Å²) in [5, 5.41) is 9.55. The fraction of sp³-hybridized carbons (Fsp3) is 0.583. The molecule has 1 heterocycles. The molecule has 1 aromatic heterocycles. The lowest BCUT2D eigenvalue weighted by molar-refractivity contribution is 0.0833. The minimum Gasteiger partial charge on any atom is -0.396 e. The smallest absolute Gasteiger partial charge is 0.0505 e. The van der Waals surface area contributed by atoms with Crippen LogP contribution in [0.5, 0.6) is 0 Å². The summed E-state index contributed by atoms with van der Waals surface area (Å²) in [7, 11) is 0. The summed E-state index contributed by atoms with van der Waals surface area (Å²) >= 11 is 3.35. The molecule has 3 N–H and O–H groups in total. The highest BCUT2D eigenvalue weighted by Crippen LogP contribution is 2.29. The molecule has 0 aromatic carbocycles. The van der Waals surface area contributed by atoms with Crippen molar-refractivity contribution in [1.82, 2.24) is 4.98 Å². The summed E-state index contributed by atoms with van der Waals surface area (Å²) in [6.07, 6.45) is 2.49. The molecule has 1 unspecified atom stereocenters. The van der Waals surface area contributed by atoms with E-state index in [0.29, 0.717) is 18.9 Å². The predicted octanol–water partition coefficient (Wildman–Crippen LogP) is 1.98. The summed E-state index contributed by atoms with van der Waals surface area (Å²) < 4.78 is 0.961. The van der Waals surface area contributed by atoms with Gasteiger partial charge in [-0.3, -0.25) is 4.98 Å². The second-order valence-corrected chi connectivity index (χ2v) is 5.44. The molecule has 0 aliphatic heterocycles. The van der Waals surface area contributed by atoms with Gasteiger partial charge in [-0.2, -0.15) is 0 Å². The maximum atomic E-state index is 9.55. The molecule has 0 aliphatic carbocycles. The van der Waals surface area contributed by atoms with Gasteiger partial charge in [-0.1, -0.05) is 13.8 Å². The average Bonchev–Trinajstić information content (AvgIpc) is 2.28. The highest BCUT2D eigenvalue weighted by atomic mass is 79.9. The monoisotopic (exact) mass is 286 g/mol. The first-order chi connectivity index (χ1) is 7.54. The normalized spacial score (nSPS) is 15.1. The maximum absolute atomic E-state index is 9.55. The number of hydrogen-bond acceptors (Lipinski definition) is 3. The van der Waals surface area contributed by atoms with E-state index in [1.54, 1.807) is 6.20 Å². The van der Waals surface area contributed by atoms with Gasteiger partial charge < -0.3 is 10.8 Å². The third-order valence-corrected chi connectivity index (χ3v) is 3.74. The van der Waals surface area contributed by atoms with Crippen molar-refractivity contribution in [3.8, 4) is 0 Å². The van der Waals surface area contributed by atoms with Gasteiger partial charge in [0.15, 0.2) is 0 Å². The number of halogens is 1. The Hall–Kier alpha value is -0.450. The Labute approximate surface area is 105 Å². The van der Waals surface area contributed by atoms with E-state index in [1.807, 2.05) is 12.1 Å². The fourth-order valence-electron chi connectivity index (χ4n) is 1.69. The van der Waals surface area contributed by atoms with E-state index in [1.165, 1.54) is 0 Å². The lowest BCUT2D eigenvalue weighted by atomic mass is 9.74. The van der Waals surface area contributed by atoms with Gasteiger partial charge in [-0.25, -0.2) is 0 Å². The molecule has 1 rings (SSSR count). The van der Waals surface area contributed by atoms with Crippen molar-refractivity contribution in [3.05, 3.63) is 28.5 Å². The van der Waals surface area contributed by atoms with E-state index in [-0.39, 0.29) is 12.0 Å². The number of nitrogens with zero attached hydrogens (tertiary/aromatic N) is 1. The van der Waals surface area contributed by atoms with Gasteiger partial charge in [-0.15, -0.1) is 0 Å². The molecule has 3 nitrogen and oxygen atoms in total. The quantitative estimate of drug-likeness (QED) is 0.870. The summed E-state index contributed by atoms with van der Waals surface area (Å²) in [5.74, 6) is 0.327. The molecule has 0 amide bonds. The van der Waals surface area contributed by atoms with Crippen molar-refractivity contribution in [2.45, 2.75) is 20.3 Å². The second-order valence-electron chi connectivity index (χ2n) is 4.52. The molecule has 0 radical (unpaired) electrons. The largest absolute Gasteiger partial charge is 0.396 e. The number of aliphatic hydroxyl groups excluding tert-OH is 1. The standard InChI is InChI=1S/C12H19BrN2O/c1-9(2)12(7-14,8-16)5-11-4-3-10(13)6-15-11/h3-4,6,9,16H,5,7-8,14H2,1-2H3. The zero-order valence-corrected chi connectivity index (χ0v) is 11.4. The van der Waals surface area contributed by atoms with Crippen LogP contribution in [0.2, 0.25) is 0 Å². The number of hydrogen-bond donors (Lipinski definition) is 2. The van der Waals surface area contributed by atoms with Crippen LogP contribution in [0.25, 0.3) is 0 Å². The summed E-state index contributed by atoms with van der Waals surface area (Å²) in [4.78, 5) is 4.33. The molecule has 0 fully saturated rings. The summed E-state index contributed by atoms with van der Waals surface area (Å²) in [6.45, 7) is 4.74. The first-order valence-electron chi connectivity index (χ1n) is 5.45. The van der Waals surface area contributed by atoms with E-state index < -0.39 is 0 Å². The van der Waals surface area contributed by atoms with Crippen molar-refractivity contribution < 1.29 is 5.11 Å². The molecular formula is C12H19BrN2O. The first kappa shape index (κ1) is 13.6. The molecule has 0 saturated carbocycles. The van der Waals surface area contributed by atoms with Crippen molar-refractivity contribution in [1.29, 1.82) is 0 Å². The van der Waals surface area contributed by atoms with Gasteiger partial charge in [0.2, 0.25) is 0 Å². The molecule has 4 heteroatoms. The molecule has 1 aromatic rings. The molecule has 0 aliphatic rings. The van der Waals surface area contributed by atoms with E-state index in [0.717, 1.165) is 10.2 Å². The molecule has 1 atom stereocenters. The minimum atomic E-state index is -0.263. The molecule has 0 saturated heterocycles. The number of rotatable bonds is 5. The van der Waals surface area contributed by atoms with Crippen molar-refractivity contribution in [2.75, 3.05) is 13.2 Å². The van der Waals surface area contributed by atoms with Crippen molar-refractivity contribution >= 4 is 15.9 Å². The Kier molecular flexibility index (Phi) is 4.89. The Balaban J connectivity index is 2.87. The Morgan fingerprint density at radius 1 is 1.50 bits per heavy atom. The summed E-state index contributed by atoms with van der Waals surface area (Å²) in [5.41, 5.74) is 6.51. The highest BCUT2D eigenvalue weighted by Gasteiger charge is 2.32. The van der Waals surface area contributed by atoms with Crippen LogP contribution in [0.4, 0.5) is 0 Å². The van der Waals surface area contributed by atoms with Gasteiger partial charge in [0.25, 0.3) is 0 Å². The average molecular weight is 287 g/mol. The van der Waals surface area contributed by atoms with Gasteiger partial charge in [0.05, 0.1) is 6.61 Å². The number of pyridine rings is 1. The Morgan fingerprint density at radius 2 is 2.19 bits per heavy atom. The van der Waals surface area contributed by atoms with Crippen LogP contribution >= 0.6 is 15.9 Å². The van der Waals surface area contributed by atoms with E-state index in [2.05, 4.69) is 34.8 Å². The third-order valence-electron chi connectivity index (χ3n) is 3.27. The number of aliphatic hydroxyl groups is 1. The van der Waals surface area contributed by atoms with Crippen LogP contribution in [-0.4, -0.2) is 23.2 Å². The van der Waals surface area contributed by atoms with Gasteiger partial charge >= 0.3 is 0 Å². The summed E-state index contributed by atoms with van der Waals surface area (Å²) in [6, 6.07) is 3.92. The van der Waals surface area contributed by atoms with E-state index in [9.17, 15) is 5.11 Å². The number of nitrogens with two attached hydrogens (primary N) is 1. The molecule has 16 heavy (non-hydrogen) atoms. The van der Waals surface area contributed by atoms with Crippen LogP contribution in [-0.2, 0) is 6.42 Å². The lowest BCUT2D eigenvalue weighted by Gasteiger charge is -2.34. The fourth-order valence-corrected chi connectivity index (χ4v) is 1.92. The third kappa shape index (κ3) is 3.03. The second kappa shape index (κ2) is 5.75. The topological polar surface area (TPSA) is 59.1 Å². The number of aromatic nitrogens is 1. The Bertz CT molecular complexity index is 320. The van der Waals surface area contributed by atoms with Crippen LogP contribution in [0.3, 0.4) is 0 Å². The van der Waals surface area contributed by atoms with Crippen LogP contribution in [0, 0.1) is 11.3 Å². The van der Waals surface area contributed by atoms with Crippen molar-refractivity contribution in [3.63, 3.8) is 0 Å².